The van der Waals surface area contributed by atoms with Crippen molar-refractivity contribution in [3.63, 3.8) is 0 Å². The Morgan fingerprint density at radius 2 is 0.840 bits per heavy atom. The number of aromatic nitrogens is 6. The Morgan fingerprint density at radius 3 is 1.22 bits per heavy atom. The van der Waals surface area contributed by atoms with Crippen LogP contribution < -0.4 is 0 Å². The highest BCUT2D eigenvalue weighted by Crippen LogP contribution is 2.37. The van der Waals surface area contributed by atoms with Crippen LogP contribution in [0.5, 0.6) is 0 Å². The van der Waals surface area contributed by atoms with Crippen LogP contribution >= 0.6 is 0 Å². The third-order valence-electron chi connectivity index (χ3n) is 9.21. The molecule has 0 radical (unpaired) electrons. The van der Waals surface area contributed by atoms with Crippen molar-refractivity contribution in [3.8, 4) is 45.0 Å². The van der Waals surface area contributed by atoms with Crippen molar-refractivity contribution in [1.29, 1.82) is 0 Å². The van der Waals surface area contributed by atoms with Crippen molar-refractivity contribution in [2.75, 3.05) is 0 Å². The highest BCUT2D eigenvalue weighted by atomic mass is 14.8. The lowest BCUT2D eigenvalue weighted by Crippen LogP contribution is -2.00. The summed E-state index contributed by atoms with van der Waals surface area (Å²) in [6, 6.07) is 30.5. The van der Waals surface area contributed by atoms with E-state index in [1.54, 1.807) is 37.2 Å². The first kappa shape index (κ1) is 31.4. The van der Waals surface area contributed by atoms with Gasteiger partial charge in [-0.1, -0.05) is 88.4 Å². The molecule has 0 amide bonds. The van der Waals surface area contributed by atoms with Crippen LogP contribution in [0.15, 0.2) is 122 Å². The number of fused-ring (bicyclic) bond motifs is 5. The fourth-order valence-electron chi connectivity index (χ4n) is 7.01. The van der Waals surface area contributed by atoms with Gasteiger partial charge in [0.15, 0.2) is 0 Å². The van der Waals surface area contributed by atoms with Crippen molar-refractivity contribution in [3.05, 3.63) is 133 Å². The van der Waals surface area contributed by atoms with Gasteiger partial charge >= 0.3 is 0 Å². The van der Waals surface area contributed by atoms with Crippen molar-refractivity contribution in [2.24, 2.45) is 11.8 Å². The summed E-state index contributed by atoms with van der Waals surface area (Å²) in [6.07, 6.45) is 12.4. The van der Waals surface area contributed by atoms with E-state index in [1.165, 1.54) is 21.9 Å². The summed E-state index contributed by atoms with van der Waals surface area (Å²) < 4.78 is 0. The van der Waals surface area contributed by atoms with Crippen molar-refractivity contribution >= 4 is 32.6 Å². The molecule has 8 rings (SSSR count). The van der Waals surface area contributed by atoms with Gasteiger partial charge in [0, 0.05) is 68.6 Å². The van der Waals surface area contributed by atoms with Crippen LogP contribution in [0.4, 0.5) is 0 Å². The minimum absolute atomic E-state index is 0.493. The summed E-state index contributed by atoms with van der Waals surface area (Å²) in [4.78, 5) is 28.5. The van der Waals surface area contributed by atoms with Crippen molar-refractivity contribution in [1.82, 2.24) is 29.9 Å². The first-order valence-corrected chi connectivity index (χ1v) is 17.3. The summed E-state index contributed by atoms with van der Waals surface area (Å²) in [6.45, 7) is 9.10. The quantitative estimate of drug-likeness (QED) is 0.152. The second kappa shape index (κ2) is 13.2. The molecule has 0 bridgehead atoms. The summed E-state index contributed by atoms with van der Waals surface area (Å²) in [5, 5.41) is 4.60. The highest BCUT2D eigenvalue weighted by molar-refractivity contribution is 6.16. The van der Waals surface area contributed by atoms with Gasteiger partial charge in [-0.15, -0.1) is 0 Å². The third kappa shape index (κ3) is 6.09. The second-order valence-electron chi connectivity index (χ2n) is 13.9. The van der Waals surface area contributed by atoms with Gasteiger partial charge in [-0.3, -0.25) is 19.9 Å². The molecular formula is C44H38N6. The highest BCUT2D eigenvalue weighted by Gasteiger charge is 2.17. The SMILES string of the molecule is CC(C)Cc1cc(-c2cccc(-c3cnccn3)c2)nc2c1ccc1c2ccc2c(CC(C)C)cc(-c3cccc(-c4cnccn4)c3)nc21. The van der Waals surface area contributed by atoms with Crippen LogP contribution in [-0.4, -0.2) is 29.9 Å². The van der Waals surface area contributed by atoms with Crippen LogP contribution in [0.25, 0.3) is 77.6 Å². The minimum Gasteiger partial charge on any atom is -0.261 e. The number of rotatable bonds is 8. The molecule has 0 unspecified atom stereocenters. The summed E-state index contributed by atoms with van der Waals surface area (Å²) in [5.41, 5.74) is 12.4. The molecule has 0 aliphatic heterocycles. The maximum absolute atomic E-state index is 5.40. The summed E-state index contributed by atoms with van der Waals surface area (Å²) in [5.74, 6) is 0.985. The monoisotopic (exact) mass is 650 g/mol. The van der Waals surface area contributed by atoms with Gasteiger partial charge in [0.1, 0.15) is 0 Å². The molecule has 0 aliphatic rings. The van der Waals surface area contributed by atoms with E-state index in [-0.39, 0.29) is 0 Å². The average molecular weight is 651 g/mol. The number of hydrogen-bond donors (Lipinski definition) is 0. The predicted octanol–water partition coefficient (Wildman–Crippen LogP) is 10.6. The van der Waals surface area contributed by atoms with Crippen LogP contribution in [0.1, 0.15) is 38.8 Å². The zero-order valence-electron chi connectivity index (χ0n) is 28.8. The summed E-state index contributed by atoms with van der Waals surface area (Å²) >= 11 is 0. The van der Waals surface area contributed by atoms with E-state index in [4.69, 9.17) is 9.97 Å². The fourth-order valence-corrected chi connectivity index (χ4v) is 7.01. The largest absolute Gasteiger partial charge is 0.261 e. The van der Waals surface area contributed by atoms with Crippen molar-refractivity contribution < 1.29 is 0 Å². The molecule has 0 aliphatic carbocycles. The van der Waals surface area contributed by atoms with Gasteiger partial charge in [-0.2, -0.15) is 0 Å². The molecule has 0 saturated carbocycles. The normalized spacial score (nSPS) is 11.7. The molecule has 8 aromatic rings. The van der Waals surface area contributed by atoms with Crippen LogP contribution in [0, 0.1) is 11.8 Å². The van der Waals surface area contributed by atoms with Crippen LogP contribution in [0.2, 0.25) is 0 Å². The Hall–Kier alpha value is -5.88. The van der Waals surface area contributed by atoms with Crippen molar-refractivity contribution in [2.45, 2.75) is 40.5 Å². The zero-order valence-corrected chi connectivity index (χ0v) is 28.8. The van der Waals surface area contributed by atoms with Gasteiger partial charge < -0.3 is 0 Å². The molecule has 0 atom stereocenters. The van der Waals surface area contributed by atoms with Gasteiger partial charge in [0.25, 0.3) is 0 Å². The molecule has 6 heteroatoms. The maximum atomic E-state index is 5.40. The molecule has 4 aromatic carbocycles. The Kier molecular flexibility index (Phi) is 8.29. The van der Waals surface area contributed by atoms with Crippen LogP contribution in [-0.2, 0) is 12.8 Å². The molecule has 244 valence electrons. The molecule has 4 heterocycles. The second-order valence-corrected chi connectivity index (χ2v) is 13.9. The van der Waals surface area contributed by atoms with E-state index >= 15 is 0 Å². The molecule has 6 nitrogen and oxygen atoms in total. The zero-order chi connectivity index (χ0) is 34.2. The Balaban J connectivity index is 1.35. The lowest BCUT2D eigenvalue weighted by molar-refractivity contribution is 0.650. The van der Waals surface area contributed by atoms with E-state index in [2.05, 4.69) is 133 Å². The molecule has 4 aromatic heterocycles. The van der Waals surface area contributed by atoms with E-state index in [0.717, 1.165) is 79.7 Å². The smallest absolute Gasteiger partial charge is 0.0885 e. The van der Waals surface area contributed by atoms with Gasteiger partial charge in [-0.25, -0.2) is 9.97 Å². The minimum atomic E-state index is 0.493. The van der Waals surface area contributed by atoms with E-state index in [1.807, 2.05) is 0 Å². The topological polar surface area (TPSA) is 77.3 Å². The Morgan fingerprint density at radius 1 is 0.440 bits per heavy atom. The van der Waals surface area contributed by atoms with Crippen LogP contribution in [0.3, 0.4) is 0 Å². The number of hydrogen-bond acceptors (Lipinski definition) is 6. The van der Waals surface area contributed by atoms with Gasteiger partial charge in [0.2, 0.25) is 0 Å². The average Bonchev–Trinajstić information content (AvgIpc) is 3.15. The molecule has 0 N–H and O–H groups in total. The van der Waals surface area contributed by atoms with E-state index < -0.39 is 0 Å². The first-order valence-electron chi connectivity index (χ1n) is 17.3. The number of pyridine rings is 2. The lowest BCUT2D eigenvalue weighted by atomic mass is 9.92. The third-order valence-corrected chi connectivity index (χ3v) is 9.21. The Labute approximate surface area is 292 Å². The molecule has 0 saturated heterocycles. The Bertz CT molecular complexity index is 2310. The molecular weight excluding hydrogens is 613 g/mol. The van der Waals surface area contributed by atoms with Gasteiger partial charge in [-0.05, 0) is 60.1 Å². The standard InChI is InChI=1S/C44H38N6/c1-27(2)19-33-23-39(29-7-5-9-31(21-29)41-25-45-15-17-47-41)49-43-35(33)11-13-38-37(43)14-12-36-34(20-28(3)4)24-40(50-44(36)38)30-8-6-10-32(22-30)42-26-46-16-18-48-42/h5-18,21-28H,19-20H2,1-4H3. The molecule has 0 fully saturated rings. The maximum Gasteiger partial charge on any atom is 0.0885 e. The molecule has 50 heavy (non-hydrogen) atoms. The fraction of sp³-hybridized carbons (Fsp3) is 0.182. The first-order chi connectivity index (χ1) is 24.4. The lowest BCUT2D eigenvalue weighted by Gasteiger charge is -2.17. The predicted molar refractivity (Wildman–Crippen MR) is 205 cm³/mol. The summed E-state index contributed by atoms with van der Waals surface area (Å²) in [7, 11) is 0. The number of benzene rings is 4. The van der Waals surface area contributed by atoms with E-state index in [0.29, 0.717) is 11.8 Å². The van der Waals surface area contributed by atoms with Gasteiger partial charge in [0.05, 0.1) is 46.2 Å². The number of nitrogens with zero attached hydrogens (tertiary/aromatic N) is 6. The molecule has 0 spiro atoms. The van der Waals surface area contributed by atoms with E-state index in [9.17, 15) is 0 Å².